The van der Waals surface area contributed by atoms with Crippen LogP contribution in [0.25, 0.3) is 0 Å². The highest BCUT2D eigenvalue weighted by molar-refractivity contribution is 7.98. The molecule has 0 saturated carbocycles. The van der Waals surface area contributed by atoms with E-state index >= 15 is 0 Å². The zero-order valence-corrected chi connectivity index (χ0v) is 10.0. The Hall–Kier alpha value is -0.710. The van der Waals surface area contributed by atoms with Gasteiger partial charge in [-0.1, -0.05) is 6.92 Å². The first-order chi connectivity index (χ1) is 7.07. The molecule has 0 aliphatic carbocycles. The molecule has 0 radical (unpaired) electrons. The van der Waals surface area contributed by atoms with Crippen LogP contribution in [-0.4, -0.2) is 41.3 Å². The number of carbonyl (C=O) groups is 2. The number of hydrogen-bond donors (Lipinski definition) is 1. The van der Waals surface area contributed by atoms with Gasteiger partial charge in [0, 0.05) is 18.2 Å². The molecule has 0 aromatic heterocycles. The van der Waals surface area contributed by atoms with Crippen molar-refractivity contribution in [2.45, 2.75) is 25.8 Å². The second kappa shape index (κ2) is 5.39. The molecule has 4 nitrogen and oxygen atoms in total. The number of hydrogen-bond acceptors (Lipinski definition) is 3. The van der Waals surface area contributed by atoms with E-state index in [4.69, 9.17) is 5.73 Å². The first kappa shape index (κ1) is 12.4. The number of thioether (sulfide) groups is 1. The van der Waals surface area contributed by atoms with Crippen molar-refractivity contribution in [3.63, 3.8) is 0 Å². The molecule has 1 saturated heterocycles. The average Bonchev–Trinajstić information content (AvgIpc) is 2.65. The van der Waals surface area contributed by atoms with E-state index in [1.165, 1.54) is 0 Å². The molecule has 1 heterocycles. The van der Waals surface area contributed by atoms with E-state index < -0.39 is 0 Å². The number of nitrogens with zero attached hydrogens (tertiary/aromatic N) is 1. The molecule has 1 aliphatic heterocycles. The van der Waals surface area contributed by atoms with E-state index in [9.17, 15) is 9.59 Å². The molecule has 1 aliphatic rings. The van der Waals surface area contributed by atoms with Gasteiger partial charge in [-0.05, 0) is 19.1 Å². The van der Waals surface area contributed by atoms with Crippen molar-refractivity contribution in [2.75, 3.05) is 18.6 Å². The van der Waals surface area contributed by atoms with Crippen molar-refractivity contribution in [1.82, 2.24) is 4.90 Å². The third-order valence-electron chi connectivity index (χ3n) is 2.70. The topological polar surface area (TPSA) is 63.4 Å². The summed E-state index contributed by atoms with van der Waals surface area (Å²) in [6.07, 6.45) is 3.57. The molecule has 15 heavy (non-hydrogen) atoms. The minimum absolute atomic E-state index is 0.0278. The van der Waals surface area contributed by atoms with Crippen LogP contribution in [0, 0.1) is 5.92 Å². The van der Waals surface area contributed by atoms with E-state index in [-0.39, 0.29) is 23.8 Å². The smallest absolute Gasteiger partial charge is 0.240 e. The van der Waals surface area contributed by atoms with Crippen LogP contribution >= 0.6 is 11.8 Å². The molecule has 0 aromatic carbocycles. The van der Waals surface area contributed by atoms with E-state index in [0.29, 0.717) is 13.0 Å². The molecular weight excluding hydrogens is 212 g/mol. The SMILES string of the molecule is CSCC(C)C(=O)N1CCC[C@H]1C(N)=O. The summed E-state index contributed by atoms with van der Waals surface area (Å²) < 4.78 is 0. The third kappa shape index (κ3) is 2.87. The maximum Gasteiger partial charge on any atom is 0.240 e. The lowest BCUT2D eigenvalue weighted by atomic mass is 10.1. The molecule has 2 N–H and O–H groups in total. The maximum atomic E-state index is 12.0. The lowest BCUT2D eigenvalue weighted by Gasteiger charge is -2.25. The van der Waals surface area contributed by atoms with Crippen LogP contribution in [0.15, 0.2) is 0 Å². The molecule has 86 valence electrons. The monoisotopic (exact) mass is 230 g/mol. The fourth-order valence-electron chi connectivity index (χ4n) is 1.93. The first-order valence-electron chi connectivity index (χ1n) is 5.16. The van der Waals surface area contributed by atoms with Gasteiger partial charge < -0.3 is 10.6 Å². The van der Waals surface area contributed by atoms with Crippen molar-refractivity contribution in [2.24, 2.45) is 11.7 Å². The van der Waals surface area contributed by atoms with Crippen LogP contribution < -0.4 is 5.73 Å². The van der Waals surface area contributed by atoms with Crippen LogP contribution in [0.4, 0.5) is 0 Å². The van der Waals surface area contributed by atoms with E-state index in [0.717, 1.165) is 12.2 Å². The first-order valence-corrected chi connectivity index (χ1v) is 6.56. The fourth-order valence-corrected chi connectivity index (χ4v) is 2.57. The quantitative estimate of drug-likeness (QED) is 0.763. The molecule has 2 amide bonds. The van der Waals surface area contributed by atoms with Crippen molar-refractivity contribution in [3.05, 3.63) is 0 Å². The van der Waals surface area contributed by atoms with Gasteiger partial charge >= 0.3 is 0 Å². The Balaban J connectivity index is 2.62. The highest BCUT2D eigenvalue weighted by Gasteiger charge is 2.34. The number of likely N-dealkylation sites (tertiary alicyclic amines) is 1. The average molecular weight is 230 g/mol. The van der Waals surface area contributed by atoms with Crippen molar-refractivity contribution >= 4 is 23.6 Å². The van der Waals surface area contributed by atoms with Crippen molar-refractivity contribution in [1.29, 1.82) is 0 Å². The van der Waals surface area contributed by atoms with Crippen LogP contribution in [-0.2, 0) is 9.59 Å². The molecular formula is C10H18N2O2S. The molecule has 0 bridgehead atoms. The van der Waals surface area contributed by atoms with Gasteiger partial charge in [-0.25, -0.2) is 0 Å². The number of nitrogens with two attached hydrogens (primary N) is 1. The van der Waals surface area contributed by atoms with Crippen molar-refractivity contribution < 1.29 is 9.59 Å². The van der Waals surface area contributed by atoms with Gasteiger partial charge in [0.25, 0.3) is 0 Å². The summed E-state index contributed by atoms with van der Waals surface area (Å²) in [6.45, 7) is 2.57. The van der Waals surface area contributed by atoms with Gasteiger partial charge in [-0.2, -0.15) is 11.8 Å². The standard InChI is InChI=1S/C10H18N2O2S/c1-7(6-15-2)10(14)12-5-3-4-8(12)9(11)13/h7-8H,3-6H2,1-2H3,(H2,11,13)/t7?,8-/m0/s1. The Bertz CT molecular complexity index is 258. The maximum absolute atomic E-state index is 12.0. The summed E-state index contributed by atoms with van der Waals surface area (Å²) in [5.41, 5.74) is 5.26. The summed E-state index contributed by atoms with van der Waals surface area (Å²) in [4.78, 5) is 24.7. The molecule has 5 heteroatoms. The Labute approximate surface area is 94.6 Å². The molecule has 2 atom stereocenters. The minimum Gasteiger partial charge on any atom is -0.368 e. The Morgan fingerprint density at radius 3 is 2.80 bits per heavy atom. The normalized spacial score (nSPS) is 22.8. The van der Waals surface area contributed by atoms with Gasteiger partial charge in [0.05, 0.1) is 0 Å². The van der Waals surface area contributed by atoms with E-state index in [1.54, 1.807) is 16.7 Å². The number of rotatable bonds is 4. The van der Waals surface area contributed by atoms with Gasteiger partial charge in [0.2, 0.25) is 11.8 Å². The van der Waals surface area contributed by atoms with Crippen LogP contribution in [0.3, 0.4) is 0 Å². The van der Waals surface area contributed by atoms with Crippen LogP contribution in [0.2, 0.25) is 0 Å². The summed E-state index contributed by atoms with van der Waals surface area (Å²) >= 11 is 1.64. The highest BCUT2D eigenvalue weighted by Crippen LogP contribution is 2.20. The van der Waals surface area contributed by atoms with E-state index in [2.05, 4.69) is 0 Å². The van der Waals surface area contributed by atoms with Crippen LogP contribution in [0.1, 0.15) is 19.8 Å². The highest BCUT2D eigenvalue weighted by atomic mass is 32.2. The Morgan fingerprint density at radius 1 is 1.60 bits per heavy atom. The van der Waals surface area contributed by atoms with Crippen LogP contribution in [0.5, 0.6) is 0 Å². The molecule has 0 spiro atoms. The third-order valence-corrected chi connectivity index (χ3v) is 3.54. The molecule has 1 unspecified atom stereocenters. The van der Waals surface area contributed by atoms with Gasteiger partial charge in [0.1, 0.15) is 6.04 Å². The Morgan fingerprint density at radius 2 is 2.27 bits per heavy atom. The molecule has 1 fully saturated rings. The lowest BCUT2D eigenvalue weighted by Crippen LogP contribution is -2.46. The number of amides is 2. The summed E-state index contributed by atoms with van der Waals surface area (Å²) in [6, 6.07) is -0.373. The zero-order valence-electron chi connectivity index (χ0n) is 9.23. The number of primary amides is 1. The minimum atomic E-state index is -0.378. The predicted molar refractivity (Wildman–Crippen MR) is 61.5 cm³/mol. The largest absolute Gasteiger partial charge is 0.368 e. The second-order valence-electron chi connectivity index (χ2n) is 3.95. The van der Waals surface area contributed by atoms with Gasteiger partial charge in [-0.15, -0.1) is 0 Å². The summed E-state index contributed by atoms with van der Waals surface area (Å²) in [7, 11) is 0. The van der Waals surface area contributed by atoms with Crippen molar-refractivity contribution in [3.8, 4) is 0 Å². The predicted octanol–water partition coefficient (Wildman–Crippen LogP) is 0.462. The summed E-state index contributed by atoms with van der Waals surface area (Å²) in [5, 5.41) is 0. The van der Waals surface area contributed by atoms with Gasteiger partial charge in [-0.3, -0.25) is 9.59 Å². The fraction of sp³-hybridized carbons (Fsp3) is 0.800. The zero-order chi connectivity index (χ0) is 11.4. The van der Waals surface area contributed by atoms with E-state index in [1.807, 2.05) is 13.2 Å². The lowest BCUT2D eigenvalue weighted by molar-refractivity contribution is -0.139. The Kier molecular flexibility index (Phi) is 4.45. The molecule has 0 aromatic rings. The second-order valence-corrected chi connectivity index (χ2v) is 4.86. The molecule has 1 rings (SSSR count). The summed E-state index contributed by atoms with van der Waals surface area (Å²) in [5.74, 6) is 0.448. The number of carbonyl (C=O) groups excluding carboxylic acids is 2. The van der Waals surface area contributed by atoms with Gasteiger partial charge in [0.15, 0.2) is 0 Å².